The Bertz CT molecular complexity index is 169. The van der Waals surface area contributed by atoms with Crippen LogP contribution in [-0.4, -0.2) is 25.2 Å². The summed E-state index contributed by atoms with van der Waals surface area (Å²) in [5.74, 6) is 1.05. The highest BCUT2D eigenvalue weighted by molar-refractivity contribution is 5.75. The maximum atomic E-state index is 11.2. The topological polar surface area (TPSA) is 38.3 Å². The van der Waals surface area contributed by atoms with Gasteiger partial charge in [0.25, 0.3) is 0 Å². The van der Waals surface area contributed by atoms with E-state index in [0.717, 1.165) is 6.54 Å². The predicted molar refractivity (Wildman–Crippen MR) is 58.1 cm³/mol. The lowest BCUT2D eigenvalue weighted by Gasteiger charge is -2.19. The van der Waals surface area contributed by atoms with Gasteiger partial charge in [-0.15, -0.1) is 0 Å². The van der Waals surface area contributed by atoms with Crippen LogP contribution < -0.4 is 5.32 Å². The molecule has 0 rings (SSSR count). The Hall–Kier alpha value is -0.570. The van der Waals surface area contributed by atoms with Crippen molar-refractivity contribution in [2.75, 3.05) is 13.2 Å². The number of hydrogen-bond donors (Lipinski definition) is 1. The second kappa shape index (κ2) is 6.82. The largest absolute Gasteiger partial charge is 0.465 e. The first-order valence-corrected chi connectivity index (χ1v) is 5.39. The first-order chi connectivity index (χ1) is 6.49. The Morgan fingerprint density at radius 2 is 1.86 bits per heavy atom. The maximum absolute atomic E-state index is 11.2. The maximum Gasteiger partial charge on any atom is 0.322 e. The Balaban J connectivity index is 3.72. The van der Waals surface area contributed by atoms with Gasteiger partial charge >= 0.3 is 5.97 Å². The molecule has 0 heterocycles. The Morgan fingerprint density at radius 3 is 2.29 bits per heavy atom. The molecule has 3 heteroatoms. The molecule has 0 spiro atoms. The third-order valence-corrected chi connectivity index (χ3v) is 2.52. The molecule has 0 aromatic rings. The van der Waals surface area contributed by atoms with Gasteiger partial charge in [-0.25, -0.2) is 0 Å². The molecule has 84 valence electrons. The highest BCUT2D eigenvalue weighted by atomic mass is 16.5. The molecule has 0 aromatic heterocycles. The van der Waals surface area contributed by atoms with Crippen LogP contribution in [0.4, 0.5) is 0 Å². The SMILES string of the molecule is CCOC(=O)C(C)NCC(C)C(C)C. The molecule has 14 heavy (non-hydrogen) atoms. The van der Waals surface area contributed by atoms with E-state index in [1.807, 2.05) is 13.8 Å². The molecule has 0 saturated carbocycles. The van der Waals surface area contributed by atoms with E-state index in [0.29, 0.717) is 18.4 Å². The molecule has 0 aliphatic carbocycles. The summed E-state index contributed by atoms with van der Waals surface area (Å²) in [5, 5.41) is 3.17. The Labute approximate surface area is 87.2 Å². The van der Waals surface area contributed by atoms with Crippen LogP contribution in [0, 0.1) is 11.8 Å². The molecule has 2 unspecified atom stereocenters. The average molecular weight is 201 g/mol. The number of nitrogens with one attached hydrogen (secondary N) is 1. The lowest BCUT2D eigenvalue weighted by Crippen LogP contribution is -2.38. The van der Waals surface area contributed by atoms with Gasteiger partial charge in [0.15, 0.2) is 0 Å². The smallest absolute Gasteiger partial charge is 0.322 e. The van der Waals surface area contributed by atoms with Gasteiger partial charge in [-0.05, 0) is 32.2 Å². The minimum absolute atomic E-state index is 0.163. The van der Waals surface area contributed by atoms with Crippen LogP contribution in [0.15, 0.2) is 0 Å². The van der Waals surface area contributed by atoms with E-state index >= 15 is 0 Å². The fraction of sp³-hybridized carbons (Fsp3) is 0.909. The molecule has 0 saturated heterocycles. The Morgan fingerprint density at radius 1 is 1.29 bits per heavy atom. The van der Waals surface area contributed by atoms with Crippen LogP contribution in [0.2, 0.25) is 0 Å². The van der Waals surface area contributed by atoms with Crippen LogP contribution in [-0.2, 0) is 9.53 Å². The second-order valence-corrected chi connectivity index (χ2v) is 4.10. The van der Waals surface area contributed by atoms with E-state index in [9.17, 15) is 4.79 Å². The minimum atomic E-state index is -0.198. The summed E-state index contributed by atoms with van der Waals surface area (Å²) in [6, 6.07) is -0.198. The number of carbonyl (C=O) groups excluding carboxylic acids is 1. The predicted octanol–water partition coefficient (Wildman–Crippen LogP) is 1.82. The van der Waals surface area contributed by atoms with Gasteiger partial charge in [0.2, 0.25) is 0 Å². The standard InChI is InChI=1S/C11H23NO2/c1-6-14-11(13)10(5)12-7-9(4)8(2)3/h8-10,12H,6-7H2,1-5H3. The van der Waals surface area contributed by atoms with Gasteiger partial charge in [0.05, 0.1) is 6.61 Å². The molecule has 0 aromatic carbocycles. The van der Waals surface area contributed by atoms with Crippen molar-refractivity contribution < 1.29 is 9.53 Å². The van der Waals surface area contributed by atoms with Crippen LogP contribution in [0.1, 0.15) is 34.6 Å². The number of hydrogen-bond acceptors (Lipinski definition) is 3. The lowest BCUT2D eigenvalue weighted by atomic mass is 9.98. The van der Waals surface area contributed by atoms with E-state index in [1.54, 1.807) is 0 Å². The van der Waals surface area contributed by atoms with Crippen molar-refractivity contribution in [3.8, 4) is 0 Å². The van der Waals surface area contributed by atoms with E-state index in [1.165, 1.54) is 0 Å². The number of esters is 1. The summed E-state index contributed by atoms with van der Waals surface area (Å²) in [6.07, 6.45) is 0. The molecule has 0 fully saturated rings. The van der Waals surface area contributed by atoms with Gasteiger partial charge < -0.3 is 10.1 Å². The van der Waals surface area contributed by atoms with Gasteiger partial charge in [0, 0.05) is 0 Å². The molecule has 1 N–H and O–H groups in total. The van der Waals surface area contributed by atoms with Crippen molar-refractivity contribution in [1.29, 1.82) is 0 Å². The zero-order valence-electron chi connectivity index (χ0n) is 9.96. The first-order valence-electron chi connectivity index (χ1n) is 5.39. The van der Waals surface area contributed by atoms with Crippen molar-refractivity contribution in [3.05, 3.63) is 0 Å². The minimum Gasteiger partial charge on any atom is -0.465 e. The van der Waals surface area contributed by atoms with E-state index in [2.05, 4.69) is 26.1 Å². The zero-order chi connectivity index (χ0) is 11.1. The normalized spacial score (nSPS) is 15.3. The van der Waals surface area contributed by atoms with Crippen molar-refractivity contribution in [2.24, 2.45) is 11.8 Å². The highest BCUT2D eigenvalue weighted by Crippen LogP contribution is 2.07. The summed E-state index contributed by atoms with van der Waals surface area (Å²) in [4.78, 5) is 11.2. The molecule has 0 amide bonds. The number of carbonyl (C=O) groups is 1. The van der Waals surface area contributed by atoms with Crippen molar-refractivity contribution in [1.82, 2.24) is 5.32 Å². The Kier molecular flexibility index (Phi) is 6.54. The van der Waals surface area contributed by atoms with Gasteiger partial charge in [-0.2, -0.15) is 0 Å². The summed E-state index contributed by atoms with van der Waals surface area (Å²) >= 11 is 0. The molecule has 0 aliphatic heterocycles. The zero-order valence-corrected chi connectivity index (χ0v) is 9.96. The van der Waals surface area contributed by atoms with Gasteiger partial charge in [-0.1, -0.05) is 20.8 Å². The highest BCUT2D eigenvalue weighted by Gasteiger charge is 2.15. The molecule has 0 bridgehead atoms. The van der Waals surface area contributed by atoms with Crippen LogP contribution in [0.25, 0.3) is 0 Å². The van der Waals surface area contributed by atoms with Gasteiger partial charge in [0.1, 0.15) is 6.04 Å². The molecular weight excluding hydrogens is 178 g/mol. The summed E-state index contributed by atoms with van der Waals surface area (Å²) < 4.78 is 4.89. The molecular formula is C11H23NO2. The first kappa shape index (κ1) is 13.4. The third kappa shape index (κ3) is 5.22. The van der Waals surface area contributed by atoms with E-state index < -0.39 is 0 Å². The number of rotatable bonds is 6. The van der Waals surface area contributed by atoms with Crippen LogP contribution in [0.5, 0.6) is 0 Å². The fourth-order valence-corrected chi connectivity index (χ4v) is 0.949. The van der Waals surface area contributed by atoms with Crippen molar-refractivity contribution in [2.45, 2.75) is 40.7 Å². The summed E-state index contributed by atoms with van der Waals surface area (Å²) in [5.41, 5.74) is 0. The molecule has 3 nitrogen and oxygen atoms in total. The quantitative estimate of drug-likeness (QED) is 0.666. The van der Waals surface area contributed by atoms with Crippen molar-refractivity contribution >= 4 is 5.97 Å². The van der Waals surface area contributed by atoms with Crippen molar-refractivity contribution in [3.63, 3.8) is 0 Å². The second-order valence-electron chi connectivity index (χ2n) is 4.10. The van der Waals surface area contributed by atoms with Crippen LogP contribution >= 0.6 is 0 Å². The monoisotopic (exact) mass is 201 g/mol. The molecule has 0 aliphatic rings. The van der Waals surface area contributed by atoms with E-state index in [4.69, 9.17) is 4.74 Å². The fourth-order valence-electron chi connectivity index (χ4n) is 0.949. The average Bonchev–Trinajstić information content (AvgIpc) is 2.13. The summed E-state index contributed by atoms with van der Waals surface area (Å²) in [6.45, 7) is 11.5. The number of ether oxygens (including phenoxy) is 1. The third-order valence-electron chi connectivity index (χ3n) is 2.52. The lowest BCUT2D eigenvalue weighted by molar-refractivity contribution is -0.145. The van der Waals surface area contributed by atoms with E-state index in [-0.39, 0.29) is 12.0 Å². The summed E-state index contributed by atoms with van der Waals surface area (Å²) in [7, 11) is 0. The molecule has 0 radical (unpaired) electrons. The van der Waals surface area contributed by atoms with Crippen LogP contribution in [0.3, 0.4) is 0 Å². The molecule has 2 atom stereocenters. The van der Waals surface area contributed by atoms with Gasteiger partial charge in [-0.3, -0.25) is 4.79 Å².